The molecule has 0 atom stereocenters. The van der Waals surface area contributed by atoms with Gasteiger partial charge in [-0.1, -0.05) is 36.4 Å². The van der Waals surface area contributed by atoms with E-state index in [2.05, 4.69) is 45.5 Å². The standard InChI is InChI=1S/C24H26FN3O/c25-22-10-11-24(27-18-22)29-23-5-1-4-21(17-23)20-8-6-19(7-9-20)3-2-14-28-15-12-26-13-16-28/h1,4-11,17-18,26H,2-3,12-16H2. The Balaban J connectivity index is 1.35. The number of aromatic nitrogens is 1. The van der Waals surface area contributed by atoms with Crippen molar-refractivity contribution < 1.29 is 9.13 Å². The smallest absolute Gasteiger partial charge is 0.219 e. The first-order chi connectivity index (χ1) is 14.3. The Bertz CT molecular complexity index is 906. The van der Waals surface area contributed by atoms with E-state index in [9.17, 15) is 4.39 Å². The van der Waals surface area contributed by atoms with Gasteiger partial charge in [0.1, 0.15) is 11.6 Å². The lowest BCUT2D eigenvalue weighted by atomic mass is 10.0. The first-order valence-corrected chi connectivity index (χ1v) is 10.2. The lowest BCUT2D eigenvalue weighted by molar-refractivity contribution is 0.238. The fraction of sp³-hybridized carbons (Fsp3) is 0.292. The molecule has 2 heterocycles. The van der Waals surface area contributed by atoms with Gasteiger partial charge in [0, 0.05) is 32.2 Å². The highest BCUT2D eigenvalue weighted by Gasteiger charge is 2.08. The Kier molecular flexibility index (Phi) is 6.49. The molecule has 1 aliphatic heterocycles. The highest BCUT2D eigenvalue weighted by Crippen LogP contribution is 2.27. The number of hydrogen-bond acceptors (Lipinski definition) is 4. The van der Waals surface area contributed by atoms with Crippen LogP contribution in [0, 0.1) is 5.82 Å². The zero-order chi connectivity index (χ0) is 19.9. The Morgan fingerprint density at radius 1 is 0.966 bits per heavy atom. The summed E-state index contributed by atoms with van der Waals surface area (Å²) < 4.78 is 18.7. The summed E-state index contributed by atoms with van der Waals surface area (Å²) in [5, 5.41) is 3.40. The summed E-state index contributed by atoms with van der Waals surface area (Å²) in [5.74, 6) is 0.684. The van der Waals surface area contributed by atoms with Crippen molar-refractivity contribution in [1.29, 1.82) is 0 Å². The molecule has 5 heteroatoms. The highest BCUT2D eigenvalue weighted by atomic mass is 19.1. The average molecular weight is 391 g/mol. The van der Waals surface area contributed by atoms with E-state index in [0.717, 1.165) is 49.9 Å². The summed E-state index contributed by atoms with van der Waals surface area (Å²) in [7, 11) is 0. The Morgan fingerprint density at radius 3 is 2.55 bits per heavy atom. The number of nitrogens with one attached hydrogen (secondary N) is 1. The zero-order valence-electron chi connectivity index (χ0n) is 16.5. The molecular formula is C24H26FN3O. The van der Waals surface area contributed by atoms with Crippen LogP contribution >= 0.6 is 0 Å². The van der Waals surface area contributed by atoms with Crippen LogP contribution in [0.2, 0.25) is 0 Å². The molecule has 0 spiro atoms. The molecule has 2 aromatic carbocycles. The van der Waals surface area contributed by atoms with Crippen molar-refractivity contribution >= 4 is 0 Å². The van der Waals surface area contributed by atoms with E-state index < -0.39 is 0 Å². The normalized spacial score (nSPS) is 14.7. The minimum atomic E-state index is -0.376. The summed E-state index contributed by atoms with van der Waals surface area (Å²) in [4.78, 5) is 6.48. The molecular weight excluding hydrogens is 365 g/mol. The third-order valence-electron chi connectivity index (χ3n) is 5.19. The fourth-order valence-corrected chi connectivity index (χ4v) is 3.59. The molecule has 0 bridgehead atoms. The maximum Gasteiger partial charge on any atom is 0.219 e. The molecule has 3 aromatic rings. The van der Waals surface area contributed by atoms with Gasteiger partial charge in [-0.2, -0.15) is 0 Å². The molecule has 150 valence electrons. The van der Waals surface area contributed by atoms with Crippen LogP contribution in [-0.2, 0) is 6.42 Å². The number of rotatable bonds is 7. The Hall–Kier alpha value is -2.76. The molecule has 0 aliphatic carbocycles. The number of ether oxygens (including phenoxy) is 1. The molecule has 4 rings (SSSR count). The van der Waals surface area contributed by atoms with Crippen LogP contribution in [0.4, 0.5) is 4.39 Å². The van der Waals surface area contributed by atoms with Crippen LogP contribution in [0.25, 0.3) is 11.1 Å². The second-order valence-corrected chi connectivity index (χ2v) is 7.34. The van der Waals surface area contributed by atoms with E-state index in [1.807, 2.05) is 18.2 Å². The molecule has 4 nitrogen and oxygen atoms in total. The molecule has 1 fully saturated rings. The number of nitrogens with zero attached hydrogens (tertiary/aromatic N) is 2. The van der Waals surface area contributed by atoms with Crippen molar-refractivity contribution in [2.75, 3.05) is 32.7 Å². The van der Waals surface area contributed by atoms with Gasteiger partial charge >= 0.3 is 0 Å². The van der Waals surface area contributed by atoms with E-state index in [1.165, 1.54) is 30.7 Å². The van der Waals surface area contributed by atoms with Crippen LogP contribution in [0.5, 0.6) is 11.6 Å². The van der Waals surface area contributed by atoms with Crippen LogP contribution in [0.15, 0.2) is 66.9 Å². The monoisotopic (exact) mass is 391 g/mol. The van der Waals surface area contributed by atoms with Gasteiger partial charge in [0.15, 0.2) is 0 Å². The van der Waals surface area contributed by atoms with E-state index in [0.29, 0.717) is 11.6 Å². The van der Waals surface area contributed by atoms with Gasteiger partial charge in [-0.25, -0.2) is 9.37 Å². The van der Waals surface area contributed by atoms with E-state index in [4.69, 9.17) is 4.74 Å². The van der Waals surface area contributed by atoms with Crippen molar-refractivity contribution in [1.82, 2.24) is 15.2 Å². The van der Waals surface area contributed by atoms with Crippen LogP contribution in [0.3, 0.4) is 0 Å². The van der Waals surface area contributed by atoms with E-state index >= 15 is 0 Å². The van der Waals surface area contributed by atoms with Gasteiger partial charge in [-0.05, 0) is 54.3 Å². The van der Waals surface area contributed by atoms with Crippen molar-refractivity contribution in [2.24, 2.45) is 0 Å². The zero-order valence-corrected chi connectivity index (χ0v) is 16.5. The molecule has 0 amide bonds. The Labute approximate surface area is 171 Å². The second kappa shape index (κ2) is 9.63. The van der Waals surface area contributed by atoms with Crippen LogP contribution in [-0.4, -0.2) is 42.6 Å². The summed E-state index contributed by atoms with van der Waals surface area (Å²) >= 11 is 0. The largest absolute Gasteiger partial charge is 0.439 e. The van der Waals surface area contributed by atoms with Crippen molar-refractivity contribution in [3.8, 4) is 22.8 Å². The van der Waals surface area contributed by atoms with Crippen LogP contribution < -0.4 is 10.1 Å². The summed E-state index contributed by atoms with van der Waals surface area (Å²) in [5.41, 5.74) is 3.59. The number of piperazine rings is 1. The minimum Gasteiger partial charge on any atom is -0.439 e. The molecule has 1 N–H and O–H groups in total. The molecule has 29 heavy (non-hydrogen) atoms. The minimum absolute atomic E-state index is 0.376. The van der Waals surface area contributed by atoms with Gasteiger partial charge in [0.05, 0.1) is 6.20 Å². The van der Waals surface area contributed by atoms with Gasteiger partial charge in [0.2, 0.25) is 5.88 Å². The van der Waals surface area contributed by atoms with E-state index in [-0.39, 0.29) is 5.82 Å². The van der Waals surface area contributed by atoms with Crippen LogP contribution in [0.1, 0.15) is 12.0 Å². The molecule has 0 unspecified atom stereocenters. The quantitative estimate of drug-likeness (QED) is 0.643. The molecule has 0 saturated carbocycles. The predicted molar refractivity (Wildman–Crippen MR) is 114 cm³/mol. The van der Waals surface area contributed by atoms with Gasteiger partial charge in [-0.3, -0.25) is 0 Å². The second-order valence-electron chi connectivity index (χ2n) is 7.34. The maximum absolute atomic E-state index is 13.0. The lowest BCUT2D eigenvalue weighted by Gasteiger charge is -2.27. The maximum atomic E-state index is 13.0. The van der Waals surface area contributed by atoms with Crippen molar-refractivity contribution in [3.05, 3.63) is 78.2 Å². The molecule has 1 aliphatic rings. The summed E-state index contributed by atoms with van der Waals surface area (Å²) in [6.45, 7) is 5.69. The van der Waals surface area contributed by atoms with Gasteiger partial charge < -0.3 is 15.0 Å². The SMILES string of the molecule is Fc1ccc(Oc2cccc(-c3ccc(CCCN4CCNCC4)cc3)c2)nc1. The highest BCUT2D eigenvalue weighted by molar-refractivity contribution is 5.65. The lowest BCUT2D eigenvalue weighted by Crippen LogP contribution is -2.43. The number of benzene rings is 2. The third-order valence-corrected chi connectivity index (χ3v) is 5.19. The first kappa shape index (κ1) is 19.6. The fourth-order valence-electron chi connectivity index (χ4n) is 3.59. The third kappa shape index (κ3) is 5.62. The topological polar surface area (TPSA) is 37.4 Å². The molecule has 1 saturated heterocycles. The summed E-state index contributed by atoms with van der Waals surface area (Å²) in [6.07, 6.45) is 3.44. The van der Waals surface area contributed by atoms with Gasteiger partial charge in [-0.15, -0.1) is 0 Å². The number of hydrogen-bond donors (Lipinski definition) is 1. The van der Waals surface area contributed by atoms with Crippen molar-refractivity contribution in [2.45, 2.75) is 12.8 Å². The first-order valence-electron chi connectivity index (χ1n) is 10.2. The number of pyridine rings is 1. The number of aryl methyl sites for hydroxylation is 1. The molecule has 0 radical (unpaired) electrons. The Morgan fingerprint density at radius 2 is 1.79 bits per heavy atom. The average Bonchev–Trinajstić information content (AvgIpc) is 2.77. The van der Waals surface area contributed by atoms with Crippen molar-refractivity contribution in [3.63, 3.8) is 0 Å². The van der Waals surface area contributed by atoms with E-state index in [1.54, 1.807) is 0 Å². The molecule has 1 aromatic heterocycles. The predicted octanol–water partition coefficient (Wildman–Crippen LogP) is 4.52. The summed E-state index contributed by atoms with van der Waals surface area (Å²) in [6, 6.07) is 19.5. The number of halogens is 1. The van der Waals surface area contributed by atoms with Gasteiger partial charge in [0.25, 0.3) is 0 Å².